The van der Waals surface area contributed by atoms with Gasteiger partial charge in [0.15, 0.2) is 0 Å². The Morgan fingerprint density at radius 1 is 1.20 bits per heavy atom. The molecule has 0 aliphatic heterocycles. The Balaban J connectivity index is 2.29. The van der Waals surface area contributed by atoms with Crippen LogP contribution in [0.1, 0.15) is 12.7 Å². The van der Waals surface area contributed by atoms with Gasteiger partial charge in [-0.25, -0.2) is 13.1 Å². The van der Waals surface area contributed by atoms with Gasteiger partial charge in [-0.3, -0.25) is 9.59 Å². The third-order valence-electron chi connectivity index (χ3n) is 3.03. The molecule has 128 valence electrons. The summed E-state index contributed by atoms with van der Waals surface area (Å²) in [5.41, 5.74) is 5.36. The first kappa shape index (κ1) is 18.0. The molecule has 0 bridgehead atoms. The average molecular weight is 359 g/mol. The number of primary amides is 1. The molecule has 1 heterocycles. The number of hydrogen-bond acceptors (Lipinski definition) is 6. The fourth-order valence-electron chi connectivity index (χ4n) is 1.93. The van der Waals surface area contributed by atoms with Crippen molar-refractivity contribution >= 4 is 27.9 Å². The number of carbonyl (C=O) groups excluding carboxylic acids is 2. The first-order valence-corrected chi connectivity index (χ1v) is 8.36. The van der Waals surface area contributed by atoms with Gasteiger partial charge in [-0.15, -0.1) is 0 Å². The molecule has 0 unspecified atom stereocenters. The van der Waals surface area contributed by atoms with Gasteiger partial charge in [0.05, 0.1) is 4.90 Å². The third-order valence-corrected chi connectivity index (χ3v) is 4.48. The lowest BCUT2D eigenvalue weighted by Gasteiger charge is -2.05. The summed E-state index contributed by atoms with van der Waals surface area (Å²) in [4.78, 5) is 21.9. The van der Waals surface area contributed by atoms with Gasteiger partial charge < -0.3 is 10.2 Å². The molecule has 1 aromatic carbocycles. The number of amides is 2. The predicted molar refractivity (Wildman–Crippen MR) is 87.9 cm³/mol. The van der Waals surface area contributed by atoms with Crippen LogP contribution in [-0.2, 0) is 19.6 Å². The minimum atomic E-state index is -3.91. The van der Waals surface area contributed by atoms with E-state index in [1.54, 1.807) is 12.1 Å². The zero-order valence-corrected chi connectivity index (χ0v) is 13.8. The van der Waals surface area contributed by atoms with Gasteiger partial charge in [0.25, 0.3) is 15.9 Å². The minimum absolute atomic E-state index is 0.0707. The molecule has 0 saturated heterocycles. The van der Waals surface area contributed by atoms with E-state index in [1.807, 2.05) is 4.72 Å². The maximum atomic E-state index is 11.9. The molecule has 8 nitrogen and oxygen atoms in total. The van der Waals surface area contributed by atoms with E-state index < -0.39 is 21.8 Å². The molecule has 0 aliphatic carbocycles. The average Bonchev–Trinajstić information content (AvgIpc) is 3.00. The first-order valence-electron chi connectivity index (χ1n) is 6.88. The van der Waals surface area contributed by atoms with E-state index in [0.717, 1.165) is 6.92 Å². The van der Waals surface area contributed by atoms with Gasteiger partial charge in [0, 0.05) is 18.6 Å². The molecule has 25 heavy (non-hydrogen) atoms. The van der Waals surface area contributed by atoms with Crippen LogP contribution in [0.2, 0.25) is 0 Å². The van der Waals surface area contributed by atoms with Crippen LogP contribution in [0.4, 0.5) is 0 Å². The van der Waals surface area contributed by atoms with Crippen molar-refractivity contribution < 1.29 is 22.4 Å². The van der Waals surface area contributed by atoms with E-state index >= 15 is 0 Å². The smallest absolute Gasteiger partial charge is 0.264 e. The molecule has 0 radical (unpaired) electrons. The van der Waals surface area contributed by atoms with Crippen LogP contribution in [-0.4, -0.2) is 20.2 Å². The quantitative estimate of drug-likeness (QED) is 0.605. The van der Waals surface area contributed by atoms with Gasteiger partial charge in [-0.05, 0) is 36.4 Å². The number of nitrogens with one attached hydrogen (secondary N) is 1. The maximum Gasteiger partial charge on any atom is 0.264 e. The van der Waals surface area contributed by atoms with Crippen molar-refractivity contribution in [3.05, 3.63) is 47.7 Å². The van der Waals surface area contributed by atoms with Crippen molar-refractivity contribution in [1.82, 2.24) is 4.72 Å². The summed E-state index contributed by atoms with van der Waals surface area (Å²) in [7, 11) is -3.91. The topological polar surface area (TPSA) is 143 Å². The minimum Gasteiger partial charge on any atom is -0.457 e. The van der Waals surface area contributed by atoms with Gasteiger partial charge in [0.2, 0.25) is 5.91 Å². The number of nitrogens with zero attached hydrogens (tertiary/aromatic N) is 1. The molecule has 1 aromatic heterocycles. The number of sulfonamides is 1. The van der Waals surface area contributed by atoms with Crippen LogP contribution in [0, 0.1) is 11.3 Å². The Morgan fingerprint density at radius 3 is 2.36 bits per heavy atom. The molecule has 9 heteroatoms. The van der Waals surface area contributed by atoms with Crippen molar-refractivity contribution in [3.8, 4) is 17.4 Å². The van der Waals surface area contributed by atoms with Crippen molar-refractivity contribution in [2.45, 2.75) is 11.8 Å². The van der Waals surface area contributed by atoms with E-state index in [2.05, 4.69) is 0 Å². The molecule has 0 fully saturated rings. The molecule has 0 saturated carbocycles. The summed E-state index contributed by atoms with van der Waals surface area (Å²) in [5.74, 6) is -0.904. The van der Waals surface area contributed by atoms with E-state index in [9.17, 15) is 18.0 Å². The molecular weight excluding hydrogens is 346 g/mol. The lowest BCUT2D eigenvalue weighted by Crippen LogP contribution is -2.28. The zero-order chi connectivity index (χ0) is 18.6. The number of carbonyl (C=O) groups is 2. The normalized spacial score (nSPS) is 11.6. The summed E-state index contributed by atoms with van der Waals surface area (Å²) >= 11 is 0. The molecule has 0 atom stereocenters. The lowest BCUT2D eigenvalue weighted by molar-refractivity contribution is -0.117. The number of nitriles is 1. The maximum absolute atomic E-state index is 11.9. The molecule has 0 spiro atoms. The highest BCUT2D eigenvalue weighted by atomic mass is 32.2. The molecule has 0 aliphatic rings. The zero-order valence-electron chi connectivity index (χ0n) is 13.0. The van der Waals surface area contributed by atoms with Gasteiger partial charge in [-0.1, -0.05) is 0 Å². The first-order chi connectivity index (χ1) is 11.7. The monoisotopic (exact) mass is 359 g/mol. The summed E-state index contributed by atoms with van der Waals surface area (Å²) in [5, 5.41) is 8.80. The summed E-state index contributed by atoms with van der Waals surface area (Å²) in [6.07, 6.45) is 1.21. The van der Waals surface area contributed by atoms with Crippen molar-refractivity contribution in [2.24, 2.45) is 5.73 Å². The summed E-state index contributed by atoms with van der Waals surface area (Å²) in [6.45, 7) is 1.10. The van der Waals surface area contributed by atoms with Crippen LogP contribution in [0.3, 0.4) is 0 Å². The fraction of sp³-hybridized carbons (Fsp3) is 0.0625. The number of nitrogens with two attached hydrogens (primary N) is 1. The number of benzene rings is 1. The Hall–Kier alpha value is -3.38. The highest BCUT2D eigenvalue weighted by molar-refractivity contribution is 7.90. The summed E-state index contributed by atoms with van der Waals surface area (Å²) in [6, 6.07) is 10.4. The Bertz CT molecular complexity index is 995. The standard InChI is InChI=1S/C16H13N3O5S/c1-10(20)19-25(22,23)14-5-2-11(3-6-14)15-7-4-13(24-15)8-12(9-17)16(18)21/h2-8H,1H3,(H2,18,21)(H,19,20)/b12-8+. The highest BCUT2D eigenvalue weighted by Crippen LogP contribution is 2.24. The van der Waals surface area contributed by atoms with E-state index in [4.69, 9.17) is 15.4 Å². The second-order valence-electron chi connectivity index (χ2n) is 4.92. The van der Waals surface area contributed by atoms with Gasteiger partial charge >= 0.3 is 0 Å². The number of rotatable bonds is 5. The van der Waals surface area contributed by atoms with Crippen molar-refractivity contribution in [1.29, 1.82) is 5.26 Å². The van der Waals surface area contributed by atoms with E-state index in [1.165, 1.54) is 36.4 Å². The Kier molecular flexibility index (Phi) is 5.05. The molecule has 2 rings (SSSR count). The van der Waals surface area contributed by atoms with E-state index in [0.29, 0.717) is 11.3 Å². The molecular formula is C16H13N3O5S. The van der Waals surface area contributed by atoms with Crippen molar-refractivity contribution in [2.75, 3.05) is 0 Å². The Labute approximate surface area is 143 Å². The molecule has 3 N–H and O–H groups in total. The van der Waals surface area contributed by atoms with Crippen LogP contribution in [0.15, 0.2) is 51.3 Å². The molecule has 2 aromatic rings. The van der Waals surface area contributed by atoms with Gasteiger partial charge in [-0.2, -0.15) is 5.26 Å². The van der Waals surface area contributed by atoms with Crippen LogP contribution >= 0.6 is 0 Å². The van der Waals surface area contributed by atoms with Crippen LogP contribution in [0.25, 0.3) is 17.4 Å². The van der Waals surface area contributed by atoms with Crippen LogP contribution in [0.5, 0.6) is 0 Å². The number of hydrogen-bond donors (Lipinski definition) is 2. The predicted octanol–water partition coefficient (Wildman–Crippen LogP) is 1.16. The van der Waals surface area contributed by atoms with Gasteiger partial charge in [0.1, 0.15) is 23.2 Å². The highest BCUT2D eigenvalue weighted by Gasteiger charge is 2.15. The fourth-order valence-corrected chi connectivity index (χ4v) is 2.92. The van der Waals surface area contributed by atoms with E-state index in [-0.39, 0.29) is 16.2 Å². The van der Waals surface area contributed by atoms with Crippen LogP contribution < -0.4 is 10.5 Å². The summed E-state index contributed by atoms with van der Waals surface area (Å²) < 4.78 is 31.1. The third kappa shape index (κ3) is 4.33. The molecule has 2 amide bonds. The van der Waals surface area contributed by atoms with Crippen molar-refractivity contribution in [3.63, 3.8) is 0 Å². The lowest BCUT2D eigenvalue weighted by atomic mass is 10.2. The second kappa shape index (κ2) is 7.02. The Morgan fingerprint density at radius 2 is 1.84 bits per heavy atom. The second-order valence-corrected chi connectivity index (χ2v) is 6.60. The number of furan rings is 1. The largest absolute Gasteiger partial charge is 0.457 e. The SMILES string of the molecule is CC(=O)NS(=O)(=O)c1ccc(-c2ccc(/C=C(\C#N)C(N)=O)o2)cc1.